The largest absolute Gasteiger partial charge is 0.0984 e. The zero-order valence-corrected chi connectivity index (χ0v) is 20.1. The van der Waals surface area contributed by atoms with Crippen molar-refractivity contribution in [1.29, 1.82) is 0 Å². The predicted molar refractivity (Wildman–Crippen MR) is 135 cm³/mol. The van der Waals surface area contributed by atoms with Crippen LogP contribution in [-0.4, -0.2) is 0 Å². The van der Waals surface area contributed by atoms with Crippen molar-refractivity contribution >= 4 is 12.2 Å². The predicted octanol–water partition coefficient (Wildman–Crippen LogP) is 9.19. The summed E-state index contributed by atoms with van der Waals surface area (Å²) in [5.41, 5.74) is 6.91. The molecular weight excluding hydrogens is 372 g/mol. The first-order valence-electron chi connectivity index (χ1n) is 13.1. The summed E-state index contributed by atoms with van der Waals surface area (Å²) in [5.74, 6) is 3.34. The average Bonchev–Trinajstić information content (AvgIpc) is 2.93. The van der Waals surface area contributed by atoms with Crippen LogP contribution < -0.4 is 0 Å². The third-order valence-corrected chi connectivity index (χ3v) is 10.5. The third-order valence-electron chi connectivity index (χ3n) is 10.5. The van der Waals surface area contributed by atoms with Crippen molar-refractivity contribution in [1.82, 2.24) is 0 Å². The van der Waals surface area contributed by atoms with Gasteiger partial charge in [-0.15, -0.1) is 0 Å². The Morgan fingerprint density at radius 2 is 1.77 bits per heavy atom. The van der Waals surface area contributed by atoms with Gasteiger partial charge in [0.05, 0.1) is 0 Å². The zero-order chi connectivity index (χ0) is 21.6. The zero-order valence-electron chi connectivity index (χ0n) is 20.1. The molecule has 0 spiro atoms. The van der Waals surface area contributed by atoms with E-state index in [4.69, 9.17) is 0 Å². The van der Waals surface area contributed by atoms with Gasteiger partial charge in [0.15, 0.2) is 0 Å². The minimum atomic E-state index is 0.419. The Bertz CT molecular complexity index is 901. The van der Waals surface area contributed by atoms with E-state index >= 15 is 0 Å². The van der Waals surface area contributed by atoms with Crippen LogP contribution in [0, 0.1) is 28.6 Å². The molecule has 0 aromatic heterocycles. The second-order valence-electron chi connectivity index (χ2n) is 11.6. The lowest BCUT2D eigenvalue weighted by molar-refractivity contribution is -0.0453. The van der Waals surface area contributed by atoms with Gasteiger partial charge in [-0.2, -0.15) is 0 Å². The van der Waals surface area contributed by atoms with Crippen molar-refractivity contribution in [2.75, 3.05) is 0 Å². The SMILES string of the molecule is C=Cc1cc(C2CCC3(C)C4CCC5CCCCC5=CC4CCC23C)ccc1/C=C\C. The van der Waals surface area contributed by atoms with Crippen molar-refractivity contribution in [3.8, 4) is 0 Å². The highest BCUT2D eigenvalue weighted by atomic mass is 14.6. The second-order valence-corrected chi connectivity index (χ2v) is 11.6. The molecule has 0 bridgehead atoms. The number of hydrogen-bond acceptors (Lipinski definition) is 0. The Morgan fingerprint density at radius 3 is 2.58 bits per heavy atom. The molecule has 0 heterocycles. The van der Waals surface area contributed by atoms with Gasteiger partial charge in [0.25, 0.3) is 0 Å². The van der Waals surface area contributed by atoms with Crippen molar-refractivity contribution in [3.63, 3.8) is 0 Å². The third kappa shape index (κ3) is 3.32. The summed E-state index contributed by atoms with van der Waals surface area (Å²) in [6.45, 7) is 11.6. The average molecular weight is 415 g/mol. The van der Waals surface area contributed by atoms with E-state index in [1.807, 2.05) is 11.6 Å². The molecule has 0 radical (unpaired) electrons. The number of rotatable bonds is 3. The van der Waals surface area contributed by atoms with Gasteiger partial charge in [0.2, 0.25) is 0 Å². The standard InChI is InChI=1S/C31H42/c1-5-9-23-12-13-26(20-22(23)6-2)29-17-19-31(4)28-15-14-24-10-7-8-11-25(24)21-27(28)16-18-30(29,31)3/h5-6,9,12-13,20-21,24,27-29H,2,7-8,10-11,14-19H2,1,3-4H3/b9-5-. The van der Waals surface area contributed by atoms with Crippen LogP contribution in [0.5, 0.6) is 0 Å². The highest BCUT2D eigenvalue weighted by molar-refractivity contribution is 5.65. The lowest BCUT2D eigenvalue weighted by atomic mass is 9.49. The van der Waals surface area contributed by atoms with Gasteiger partial charge in [-0.1, -0.05) is 74.9 Å². The Hall–Kier alpha value is -1.56. The van der Waals surface area contributed by atoms with E-state index in [0.717, 1.165) is 17.8 Å². The van der Waals surface area contributed by atoms with Crippen molar-refractivity contribution in [3.05, 3.63) is 59.2 Å². The van der Waals surface area contributed by atoms with Gasteiger partial charge < -0.3 is 0 Å². The van der Waals surface area contributed by atoms with Gasteiger partial charge in [-0.25, -0.2) is 0 Å². The van der Waals surface area contributed by atoms with Crippen LogP contribution in [-0.2, 0) is 0 Å². The molecule has 0 amide bonds. The molecule has 1 aromatic rings. The monoisotopic (exact) mass is 414 g/mol. The molecule has 6 unspecified atom stereocenters. The fourth-order valence-corrected chi connectivity index (χ4v) is 8.55. The van der Waals surface area contributed by atoms with Gasteiger partial charge >= 0.3 is 0 Å². The summed E-state index contributed by atoms with van der Waals surface area (Å²) in [6.07, 6.45) is 23.5. The topological polar surface area (TPSA) is 0 Å². The summed E-state index contributed by atoms with van der Waals surface area (Å²) < 4.78 is 0. The minimum Gasteiger partial charge on any atom is -0.0984 e. The van der Waals surface area contributed by atoms with Crippen LogP contribution in [0.15, 0.2) is 42.5 Å². The van der Waals surface area contributed by atoms with E-state index in [-0.39, 0.29) is 0 Å². The molecule has 4 aliphatic rings. The number of hydrogen-bond donors (Lipinski definition) is 0. The van der Waals surface area contributed by atoms with Crippen molar-refractivity contribution in [2.45, 2.75) is 90.9 Å². The van der Waals surface area contributed by atoms with Crippen LogP contribution in [0.4, 0.5) is 0 Å². The number of benzene rings is 1. The maximum absolute atomic E-state index is 4.11. The Labute approximate surface area is 190 Å². The molecule has 0 heteroatoms. The highest BCUT2D eigenvalue weighted by Gasteiger charge is 2.61. The highest BCUT2D eigenvalue weighted by Crippen LogP contribution is 2.70. The van der Waals surface area contributed by atoms with E-state index in [1.165, 1.54) is 75.3 Å². The summed E-state index contributed by atoms with van der Waals surface area (Å²) in [5, 5.41) is 0. The fourth-order valence-electron chi connectivity index (χ4n) is 8.55. The molecule has 3 saturated carbocycles. The molecule has 166 valence electrons. The number of allylic oxidation sites excluding steroid dienone is 3. The minimum absolute atomic E-state index is 0.419. The van der Waals surface area contributed by atoms with Crippen LogP contribution in [0.2, 0.25) is 0 Å². The van der Waals surface area contributed by atoms with Crippen LogP contribution in [0.25, 0.3) is 12.2 Å². The molecule has 0 saturated heterocycles. The van der Waals surface area contributed by atoms with Crippen LogP contribution >= 0.6 is 0 Å². The second kappa shape index (κ2) is 8.09. The first-order chi connectivity index (χ1) is 15.0. The summed E-state index contributed by atoms with van der Waals surface area (Å²) >= 11 is 0. The molecule has 1 aromatic carbocycles. The summed E-state index contributed by atoms with van der Waals surface area (Å²) in [6, 6.07) is 7.22. The van der Waals surface area contributed by atoms with E-state index in [0.29, 0.717) is 16.7 Å². The number of fused-ring (bicyclic) bond motifs is 4. The molecule has 3 fully saturated rings. The molecular formula is C31H42. The molecule has 0 N–H and O–H groups in total. The smallest absolute Gasteiger partial charge is 0.0102 e. The van der Waals surface area contributed by atoms with Gasteiger partial charge in [0, 0.05) is 0 Å². The van der Waals surface area contributed by atoms with Crippen molar-refractivity contribution in [2.24, 2.45) is 28.6 Å². The maximum atomic E-state index is 4.11. The van der Waals surface area contributed by atoms with E-state index < -0.39 is 0 Å². The van der Waals surface area contributed by atoms with E-state index in [2.05, 4.69) is 63.8 Å². The van der Waals surface area contributed by atoms with E-state index in [1.54, 1.807) is 5.56 Å². The molecule has 4 aliphatic carbocycles. The Balaban J connectivity index is 1.47. The van der Waals surface area contributed by atoms with Gasteiger partial charge in [-0.3, -0.25) is 0 Å². The fraction of sp³-hybridized carbons (Fsp3) is 0.613. The quantitative estimate of drug-likeness (QED) is 0.432. The van der Waals surface area contributed by atoms with Crippen LogP contribution in [0.3, 0.4) is 0 Å². The van der Waals surface area contributed by atoms with E-state index in [9.17, 15) is 0 Å². The maximum Gasteiger partial charge on any atom is -0.0102 e. The first-order valence-corrected chi connectivity index (χ1v) is 13.1. The molecule has 31 heavy (non-hydrogen) atoms. The molecule has 6 atom stereocenters. The van der Waals surface area contributed by atoms with Crippen LogP contribution in [0.1, 0.15) is 108 Å². The lowest BCUT2D eigenvalue weighted by Crippen LogP contribution is -2.48. The normalized spacial score (nSPS) is 39.9. The Morgan fingerprint density at radius 1 is 0.935 bits per heavy atom. The summed E-state index contributed by atoms with van der Waals surface area (Å²) in [7, 11) is 0. The molecule has 0 nitrogen and oxygen atoms in total. The first kappa shape index (κ1) is 21.3. The lowest BCUT2D eigenvalue weighted by Gasteiger charge is -2.56. The Kier molecular flexibility index (Phi) is 5.56. The van der Waals surface area contributed by atoms with Gasteiger partial charge in [-0.05, 0) is 116 Å². The summed E-state index contributed by atoms with van der Waals surface area (Å²) in [4.78, 5) is 0. The molecule has 5 rings (SSSR count). The molecule has 0 aliphatic heterocycles. The van der Waals surface area contributed by atoms with Gasteiger partial charge in [0.1, 0.15) is 0 Å². The van der Waals surface area contributed by atoms with Crippen molar-refractivity contribution < 1.29 is 0 Å².